The van der Waals surface area contributed by atoms with Crippen LogP contribution in [0.1, 0.15) is 25.5 Å². The van der Waals surface area contributed by atoms with Gasteiger partial charge in [0.05, 0.1) is 12.2 Å². The number of rotatable bonds is 5. The summed E-state index contributed by atoms with van der Waals surface area (Å²) in [7, 11) is 1.81. The Labute approximate surface area is 127 Å². The van der Waals surface area contributed by atoms with Crippen LogP contribution in [0.25, 0.3) is 0 Å². The lowest BCUT2D eigenvalue weighted by Gasteiger charge is -2.32. The van der Waals surface area contributed by atoms with Gasteiger partial charge in [-0.05, 0) is 44.0 Å². The van der Waals surface area contributed by atoms with Gasteiger partial charge in [0.2, 0.25) is 0 Å². The summed E-state index contributed by atoms with van der Waals surface area (Å²) in [5.41, 5.74) is 1.02. The Morgan fingerprint density at radius 2 is 2.33 bits per heavy atom. The van der Waals surface area contributed by atoms with E-state index in [0.29, 0.717) is 12.5 Å². The molecule has 1 aliphatic rings. The Balaban J connectivity index is 1.72. The molecule has 2 N–H and O–H groups in total. The molecule has 0 radical (unpaired) electrons. The maximum absolute atomic E-state index is 4.30. The van der Waals surface area contributed by atoms with Gasteiger partial charge in [-0.15, -0.1) is 0 Å². The second kappa shape index (κ2) is 8.62. The number of guanidine groups is 1. The van der Waals surface area contributed by atoms with Gasteiger partial charge in [0.1, 0.15) is 0 Å². The van der Waals surface area contributed by atoms with Crippen molar-refractivity contribution >= 4 is 5.96 Å². The number of hydrogen-bond donors (Lipinski definition) is 2. The van der Waals surface area contributed by atoms with E-state index in [2.05, 4.69) is 32.4 Å². The molecule has 5 heteroatoms. The normalized spacial score (nSPS) is 20.3. The number of aliphatic imine (C=N–C) groups is 1. The summed E-state index contributed by atoms with van der Waals surface area (Å²) in [6, 6.07) is 5.95. The van der Waals surface area contributed by atoms with Crippen molar-refractivity contribution in [1.29, 1.82) is 0 Å². The van der Waals surface area contributed by atoms with Gasteiger partial charge < -0.3 is 15.5 Å². The summed E-state index contributed by atoms with van der Waals surface area (Å²) >= 11 is 0. The van der Waals surface area contributed by atoms with Crippen LogP contribution in [-0.4, -0.2) is 49.1 Å². The standard InChI is InChI=1S/C16H27N5/c1-3-21-10-6-7-14(13-21)11-19-16(17-2)20-12-15-8-4-5-9-18-15/h4-5,8-9,14H,3,6-7,10-13H2,1-2H3,(H2,17,19,20). The molecule has 0 amide bonds. The second-order valence-electron chi connectivity index (χ2n) is 5.53. The zero-order chi connectivity index (χ0) is 14.9. The van der Waals surface area contributed by atoms with Crippen LogP contribution in [0.4, 0.5) is 0 Å². The van der Waals surface area contributed by atoms with Gasteiger partial charge in [0.25, 0.3) is 0 Å². The van der Waals surface area contributed by atoms with E-state index >= 15 is 0 Å². The van der Waals surface area contributed by atoms with Crippen molar-refractivity contribution < 1.29 is 0 Å². The van der Waals surface area contributed by atoms with Crippen LogP contribution in [0, 0.1) is 5.92 Å². The van der Waals surface area contributed by atoms with Gasteiger partial charge in [-0.2, -0.15) is 0 Å². The van der Waals surface area contributed by atoms with Gasteiger partial charge in [0.15, 0.2) is 5.96 Å². The monoisotopic (exact) mass is 289 g/mol. The van der Waals surface area contributed by atoms with E-state index in [1.165, 1.54) is 25.9 Å². The van der Waals surface area contributed by atoms with Gasteiger partial charge in [-0.1, -0.05) is 13.0 Å². The highest BCUT2D eigenvalue weighted by molar-refractivity contribution is 5.79. The molecule has 116 valence electrons. The molecule has 0 aliphatic carbocycles. The largest absolute Gasteiger partial charge is 0.356 e. The van der Waals surface area contributed by atoms with Gasteiger partial charge in [0, 0.05) is 26.3 Å². The first-order chi connectivity index (χ1) is 10.3. The molecule has 0 bridgehead atoms. The number of pyridine rings is 1. The van der Waals surface area contributed by atoms with Crippen LogP contribution in [0.2, 0.25) is 0 Å². The molecule has 5 nitrogen and oxygen atoms in total. The molecule has 0 aromatic carbocycles. The third-order valence-corrected chi connectivity index (χ3v) is 4.00. The number of hydrogen-bond acceptors (Lipinski definition) is 3. The van der Waals surface area contributed by atoms with E-state index in [9.17, 15) is 0 Å². The number of piperidine rings is 1. The lowest BCUT2D eigenvalue weighted by molar-refractivity contribution is 0.183. The minimum absolute atomic E-state index is 0.701. The zero-order valence-corrected chi connectivity index (χ0v) is 13.2. The van der Waals surface area contributed by atoms with Crippen molar-refractivity contribution in [3.8, 4) is 0 Å². The van der Waals surface area contributed by atoms with E-state index in [-0.39, 0.29) is 0 Å². The minimum Gasteiger partial charge on any atom is -0.356 e. The molecule has 1 fully saturated rings. The predicted octanol–water partition coefficient (Wildman–Crippen LogP) is 1.48. The van der Waals surface area contributed by atoms with Crippen molar-refractivity contribution in [3.63, 3.8) is 0 Å². The Morgan fingerprint density at radius 3 is 3.05 bits per heavy atom. The zero-order valence-electron chi connectivity index (χ0n) is 13.2. The second-order valence-corrected chi connectivity index (χ2v) is 5.53. The minimum atomic E-state index is 0.701. The predicted molar refractivity (Wildman–Crippen MR) is 87.3 cm³/mol. The van der Waals surface area contributed by atoms with E-state index in [4.69, 9.17) is 0 Å². The molecule has 0 spiro atoms. The number of nitrogens with one attached hydrogen (secondary N) is 2. The maximum atomic E-state index is 4.30. The topological polar surface area (TPSA) is 52.5 Å². The molecular weight excluding hydrogens is 262 g/mol. The summed E-state index contributed by atoms with van der Waals surface area (Å²) in [6.07, 6.45) is 4.43. The molecule has 1 aromatic heterocycles. The molecule has 1 unspecified atom stereocenters. The van der Waals surface area contributed by atoms with Crippen molar-refractivity contribution in [2.45, 2.75) is 26.3 Å². The quantitative estimate of drug-likeness (QED) is 0.637. The highest BCUT2D eigenvalue weighted by Crippen LogP contribution is 2.14. The van der Waals surface area contributed by atoms with Crippen LogP contribution in [0.3, 0.4) is 0 Å². The lowest BCUT2D eigenvalue weighted by atomic mass is 9.98. The van der Waals surface area contributed by atoms with Gasteiger partial charge >= 0.3 is 0 Å². The first-order valence-electron chi connectivity index (χ1n) is 7.88. The third kappa shape index (κ3) is 5.34. The first-order valence-corrected chi connectivity index (χ1v) is 7.88. The van der Waals surface area contributed by atoms with Gasteiger partial charge in [-0.25, -0.2) is 0 Å². The Kier molecular flexibility index (Phi) is 6.47. The van der Waals surface area contributed by atoms with Gasteiger partial charge in [-0.3, -0.25) is 9.98 Å². The van der Waals surface area contributed by atoms with Crippen LogP contribution in [0.15, 0.2) is 29.4 Å². The van der Waals surface area contributed by atoms with Crippen LogP contribution in [-0.2, 0) is 6.54 Å². The van der Waals surface area contributed by atoms with Crippen molar-refractivity contribution in [3.05, 3.63) is 30.1 Å². The average Bonchev–Trinajstić information content (AvgIpc) is 2.56. The molecule has 21 heavy (non-hydrogen) atoms. The Hall–Kier alpha value is -1.62. The van der Waals surface area contributed by atoms with E-state index in [0.717, 1.165) is 24.7 Å². The number of likely N-dealkylation sites (tertiary alicyclic amines) is 1. The fourth-order valence-corrected chi connectivity index (χ4v) is 2.74. The molecular formula is C16H27N5. The van der Waals surface area contributed by atoms with E-state index < -0.39 is 0 Å². The van der Waals surface area contributed by atoms with Crippen LogP contribution >= 0.6 is 0 Å². The smallest absolute Gasteiger partial charge is 0.191 e. The molecule has 1 aliphatic heterocycles. The average molecular weight is 289 g/mol. The summed E-state index contributed by atoms with van der Waals surface area (Å²) in [6.45, 7) is 7.53. The molecule has 2 rings (SSSR count). The first kappa shape index (κ1) is 15.8. The molecule has 1 aromatic rings. The lowest BCUT2D eigenvalue weighted by Crippen LogP contribution is -2.44. The Bertz CT molecular complexity index is 432. The highest BCUT2D eigenvalue weighted by Gasteiger charge is 2.18. The van der Waals surface area contributed by atoms with Crippen LogP contribution < -0.4 is 10.6 Å². The van der Waals surface area contributed by atoms with Crippen LogP contribution in [0.5, 0.6) is 0 Å². The molecule has 1 saturated heterocycles. The molecule has 0 saturated carbocycles. The number of aromatic nitrogens is 1. The fourth-order valence-electron chi connectivity index (χ4n) is 2.74. The summed E-state index contributed by atoms with van der Waals surface area (Å²) in [5.74, 6) is 1.57. The van der Waals surface area contributed by atoms with Crippen molar-refractivity contribution in [1.82, 2.24) is 20.5 Å². The highest BCUT2D eigenvalue weighted by atomic mass is 15.2. The van der Waals surface area contributed by atoms with Crippen molar-refractivity contribution in [2.24, 2.45) is 10.9 Å². The Morgan fingerprint density at radius 1 is 1.43 bits per heavy atom. The summed E-state index contributed by atoms with van der Waals surface area (Å²) in [5, 5.41) is 6.75. The van der Waals surface area contributed by atoms with E-state index in [1.807, 2.05) is 31.4 Å². The SMILES string of the molecule is CCN1CCCC(CNC(=NC)NCc2ccccn2)C1. The summed E-state index contributed by atoms with van der Waals surface area (Å²) in [4.78, 5) is 11.1. The maximum Gasteiger partial charge on any atom is 0.191 e. The summed E-state index contributed by atoms with van der Waals surface area (Å²) < 4.78 is 0. The van der Waals surface area contributed by atoms with Crippen molar-refractivity contribution in [2.75, 3.05) is 33.2 Å². The van der Waals surface area contributed by atoms with E-state index in [1.54, 1.807) is 0 Å². The molecule has 1 atom stereocenters. The molecule has 2 heterocycles. The number of nitrogens with zero attached hydrogens (tertiary/aromatic N) is 3. The third-order valence-electron chi connectivity index (χ3n) is 4.00. The fraction of sp³-hybridized carbons (Fsp3) is 0.625.